The summed E-state index contributed by atoms with van der Waals surface area (Å²) in [5, 5.41) is 0.282. The van der Waals surface area contributed by atoms with E-state index in [1.807, 2.05) is 0 Å². The van der Waals surface area contributed by atoms with E-state index in [4.69, 9.17) is 10.5 Å². The third-order valence-corrected chi connectivity index (χ3v) is 3.52. The van der Waals surface area contributed by atoms with Gasteiger partial charge in [0.25, 0.3) is 5.56 Å². The van der Waals surface area contributed by atoms with Crippen LogP contribution in [-0.2, 0) is 4.74 Å². The predicted molar refractivity (Wildman–Crippen MR) is 88.0 cm³/mol. The summed E-state index contributed by atoms with van der Waals surface area (Å²) in [5.41, 5.74) is 6.96. The number of nitrogens with two attached hydrogens (primary N) is 1. The topological polar surface area (TPSA) is 113 Å². The lowest BCUT2D eigenvalue weighted by Crippen LogP contribution is -2.21. The number of rotatable bonds is 3. The van der Waals surface area contributed by atoms with E-state index in [9.17, 15) is 9.59 Å². The van der Waals surface area contributed by atoms with Crippen molar-refractivity contribution in [2.75, 3.05) is 12.3 Å². The largest absolute Gasteiger partial charge is 0.462 e. The van der Waals surface area contributed by atoms with Crippen molar-refractivity contribution in [2.24, 2.45) is 0 Å². The second kappa shape index (κ2) is 6.07. The lowest BCUT2D eigenvalue weighted by atomic mass is 10.1. The molecule has 0 fully saturated rings. The van der Waals surface area contributed by atoms with Crippen LogP contribution in [0.1, 0.15) is 23.0 Å². The van der Waals surface area contributed by atoms with Gasteiger partial charge in [-0.3, -0.25) is 14.3 Å². The number of aromatic nitrogens is 4. The second-order valence-corrected chi connectivity index (χ2v) is 5.07. The van der Waals surface area contributed by atoms with Crippen LogP contribution in [0.3, 0.4) is 0 Å². The number of fused-ring (bicyclic) bond motifs is 1. The summed E-state index contributed by atoms with van der Waals surface area (Å²) in [4.78, 5) is 37.0. The standard InChI is InChI=1S/C16H15N5O3/c1-3-24-16(23)10-6-11-13(20-9(10)2)4-5-21(15(11)22)14-12(17)7-18-8-19-14/h4-8H,3,17H2,1-2H3. The summed E-state index contributed by atoms with van der Waals surface area (Å²) in [5.74, 6) is -0.240. The van der Waals surface area contributed by atoms with Gasteiger partial charge >= 0.3 is 5.97 Å². The van der Waals surface area contributed by atoms with Gasteiger partial charge in [0, 0.05) is 6.20 Å². The number of carbonyl (C=O) groups excluding carboxylic acids is 1. The van der Waals surface area contributed by atoms with Gasteiger partial charge in [-0.2, -0.15) is 0 Å². The minimum absolute atomic E-state index is 0.243. The van der Waals surface area contributed by atoms with E-state index < -0.39 is 5.97 Å². The molecule has 0 aliphatic rings. The lowest BCUT2D eigenvalue weighted by molar-refractivity contribution is 0.0525. The van der Waals surface area contributed by atoms with Crippen molar-refractivity contribution in [3.63, 3.8) is 0 Å². The first-order valence-electron chi connectivity index (χ1n) is 7.29. The average Bonchev–Trinajstić information content (AvgIpc) is 2.56. The molecule has 3 heterocycles. The van der Waals surface area contributed by atoms with Crippen molar-refractivity contribution in [3.05, 3.63) is 52.5 Å². The molecule has 0 aliphatic heterocycles. The molecule has 0 amide bonds. The fourth-order valence-electron chi connectivity index (χ4n) is 2.38. The van der Waals surface area contributed by atoms with Crippen LogP contribution >= 0.6 is 0 Å². The number of anilines is 1. The Morgan fingerprint density at radius 2 is 2.21 bits per heavy atom. The fraction of sp³-hybridized carbons (Fsp3) is 0.188. The van der Waals surface area contributed by atoms with Gasteiger partial charge in [0.15, 0.2) is 5.82 Å². The maximum absolute atomic E-state index is 12.8. The lowest BCUT2D eigenvalue weighted by Gasteiger charge is -2.10. The molecular weight excluding hydrogens is 310 g/mol. The maximum atomic E-state index is 12.8. The van der Waals surface area contributed by atoms with E-state index in [1.165, 1.54) is 23.2 Å². The summed E-state index contributed by atoms with van der Waals surface area (Å²) < 4.78 is 6.30. The molecule has 0 radical (unpaired) electrons. The summed E-state index contributed by atoms with van der Waals surface area (Å²) in [6, 6.07) is 3.16. The van der Waals surface area contributed by atoms with E-state index in [2.05, 4.69) is 15.0 Å². The van der Waals surface area contributed by atoms with E-state index in [-0.39, 0.29) is 34.6 Å². The van der Waals surface area contributed by atoms with Crippen LogP contribution in [-0.4, -0.2) is 32.1 Å². The van der Waals surface area contributed by atoms with Crippen molar-refractivity contribution >= 4 is 22.6 Å². The average molecular weight is 325 g/mol. The normalized spacial score (nSPS) is 10.8. The Balaban J connectivity index is 2.25. The molecule has 2 N–H and O–H groups in total. The molecule has 3 aromatic heterocycles. The summed E-state index contributed by atoms with van der Waals surface area (Å²) in [7, 11) is 0. The minimum atomic E-state index is -0.513. The molecule has 3 aromatic rings. The van der Waals surface area contributed by atoms with Crippen LogP contribution in [0.5, 0.6) is 0 Å². The summed E-state index contributed by atoms with van der Waals surface area (Å²) >= 11 is 0. The zero-order chi connectivity index (χ0) is 17.3. The third-order valence-electron chi connectivity index (χ3n) is 3.52. The van der Waals surface area contributed by atoms with Crippen molar-refractivity contribution in [3.8, 4) is 5.82 Å². The predicted octanol–water partition coefficient (Wildman–Crippen LogP) is 1.24. The molecule has 122 valence electrons. The zero-order valence-electron chi connectivity index (χ0n) is 13.2. The summed E-state index contributed by atoms with van der Waals surface area (Å²) in [6.45, 7) is 3.65. The monoisotopic (exact) mass is 325 g/mol. The van der Waals surface area contributed by atoms with Gasteiger partial charge in [0.2, 0.25) is 0 Å². The Morgan fingerprint density at radius 3 is 2.92 bits per heavy atom. The molecule has 0 aliphatic carbocycles. The highest BCUT2D eigenvalue weighted by Crippen LogP contribution is 2.17. The number of esters is 1. The molecule has 0 spiro atoms. The van der Waals surface area contributed by atoms with Gasteiger partial charge in [-0.15, -0.1) is 0 Å². The highest BCUT2D eigenvalue weighted by molar-refractivity contribution is 5.95. The Hall–Kier alpha value is -3.29. The second-order valence-electron chi connectivity index (χ2n) is 5.07. The Kier molecular flexibility index (Phi) is 3.95. The zero-order valence-corrected chi connectivity index (χ0v) is 13.2. The van der Waals surface area contributed by atoms with Crippen LogP contribution in [0.15, 0.2) is 35.6 Å². The third kappa shape index (κ3) is 2.58. The first-order chi connectivity index (χ1) is 11.5. The van der Waals surface area contributed by atoms with Gasteiger partial charge in [0.05, 0.1) is 40.7 Å². The Bertz CT molecular complexity index is 997. The van der Waals surface area contributed by atoms with Crippen LogP contribution < -0.4 is 11.3 Å². The number of aryl methyl sites for hydroxylation is 1. The van der Waals surface area contributed by atoms with Gasteiger partial charge < -0.3 is 10.5 Å². The van der Waals surface area contributed by atoms with Crippen molar-refractivity contribution in [1.29, 1.82) is 0 Å². The number of pyridine rings is 2. The Labute approximate surface area is 136 Å². The quantitative estimate of drug-likeness (QED) is 0.721. The van der Waals surface area contributed by atoms with Gasteiger partial charge in [-0.1, -0.05) is 0 Å². The van der Waals surface area contributed by atoms with E-state index in [1.54, 1.807) is 26.1 Å². The van der Waals surface area contributed by atoms with Crippen LogP contribution in [0.2, 0.25) is 0 Å². The first kappa shape index (κ1) is 15.6. The number of nitrogen functional groups attached to an aromatic ring is 1. The highest BCUT2D eigenvalue weighted by Gasteiger charge is 2.16. The first-order valence-corrected chi connectivity index (χ1v) is 7.29. The van der Waals surface area contributed by atoms with E-state index in [0.717, 1.165) is 0 Å². The molecule has 0 bridgehead atoms. The summed E-state index contributed by atoms with van der Waals surface area (Å²) in [6.07, 6.45) is 4.26. The van der Waals surface area contributed by atoms with Crippen molar-refractivity contribution in [1.82, 2.24) is 19.5 Å². The van der Waals surface area contributed by atoms with Crippen molar-refractivity contribution in [2.45, 2.75) is 13.8 Å². The molecule has 8 heteroatoms. The van der Waals surface area contributed by atoms with Gasteiger partial charge in [0.1, 0.15) is 6.33 Å². The van der Waals surface area contributed by atoms with Crippen LogP contribution in [0.4, 0.5) is 5.69 Å². The highest BCUT2D eigenvalue weighted by atomic mass is 16.5. The minimum Gasteiger partial charge on any atom is -0.462 e. The number of ether oxygens (including phenoxy) is 1. The van der Waals surface area contributed by atoms with Crippen molar-refractivity contribution < 1.29 is 9.53 Å². The molecule has 0 saturated heterocycles. The molecule has 0 atom stereocenters. The Morgan fingerprint density at radius 1 is 1.42 bits per heavy atom. The molecule has 24 heavy (non-hydrogen) atoms. The number of hydrogen-bond donors (Lipinski definition) is 1. The van der Waals surface area contributed by atoms with E-state index >= 15 is 0 Å². The fourth-order valence-corrected chi connectivity index (χ4v) is 2.38. The SMILES string of the molecule is CCOC(=O)c1cc2c(=O)n(-c3ncncc3N)ccc2nc1C. The molecule has 8 nitrogen and oxygen atoms in total. The number of hydrogen-bond acceptors (Lipinski definition) is 7. The maximum Gasteiger partial charge on any atom is 0.339 e. The van der Waals surface area contributed by atoms with Crippen LogP contribution in [0, 0.1) is 6.92 Å². The van der Waals surface area contributed by atoms with E-state index in [0.29, 0.717) is 11.2 Å². The molecule has 0 aromatic carbocycles. The number of nitrogens with zero attached hydrogens (tertiary/aromatic N) is 4. The molecule has 0 unspecified atom stereocenters. The molecular formula is C16H15N5O3. The van der Waals surface area contributed by atoms with Crippen LogP contribution in [0.25, 0.3) is 16.7 Å². The molecule has 3 rings (SSSR count). The van der Waals surface area contributed by atoms with Gasteiger partial charge in [-0.05, 0) is 26.0 Å². The number of carbonyl (C=O) groups is 1. The molecule has 0 saturated carbocycles. The van der Waals surface area contributed by atoms with Gasteiger partial charge in [-0.25, -0.2) is 14.8 Å². The smallest absolute Gasteiger partial charge is 0.339 e.